The largest absolute Gasteiger partial charge is 0.481 e. The molecule has 1 saturated heterocycles. The number of hydrogen-bond acceptors (Lipinski definition) is 5. The average Bonchev–Trinajstić information content (AvgIpc) is 3.28. The Morgan fingerprint density at radius 3 is 2.51 bits per heavy atom. The van der Waals surface area contributed by atoms with Crippen molar-refractivity contribution in [1.82, 2.24) is 9.88 Å². The zero-order valence-electron chi connectivity index (χ0n) is 27.8. The van der Waals surface area contributed by atoms with E-state index in [4.69, 9.17) is 9.47 Å². The molecular weight excluding hydrogens is 609 g/mol. The highest BCUT2D eigenvalue weighted by atomic mass is 19.4. The van der Waals surface area contributed by atoms with Crippen LogP contribution in [0.3, 0.4) is 0 Å². The minimum atomic E-state index is -4.52. The molecule has 0 radical (unpaired) electrons. The number of pyridine rings is 1. The van der Waals surface area contributed by atoms with E-state index in [2.05, 4.69) is 18.8 Å². The van der Waals surface area contributed by atoms with E-state index in [1.54, 1.807) is 50.3 Å². The maximum atomic E-state index is 13.6. The number of alkyl halides is 3. The summed E-state index contributed by atoms with van der Waals surface area (Å²) in [6, 6.07) is 10.4. The molecule has 0 unspecified atom stereocenters. The monoisotopic (exact) mass is 650 g/mol. The number of carbonyl (C=O) groups excluding carboxylic acids is 1. The van der Waals surface area contributed by atoms with Gasteiger partial charge in [0.25, 0.3) is 0 Å². The smallest absolute Gasteiger partial charge is 0.416 e. The maximum Gasteiger partial charge on any atom is 0.416 e. The van der Waals surface area contributed by atoms with Crippen LogP contribution in [0, 0.1) is 12.3 Å². The second-order valence-electron chi connectivity index (χ2n) is 13.8. The third-order valence-corrected chi connectivity index (χ3v) is 9.28. The Balaban J connectivity index is 1.56. The number of allylic oxidation sites excluding steroid dienone is 1. The molecule has 10 heteroatoms. The van der Waals surface area contributed by atoms with Crippen molar-refractivity contribution in [1.29, 1.82) is 0 Å². The molecule has 1 amide bonds. The van der Waals surface area contributed by atoms with Crippen LogP contribution < -0.4 is 4.74 Å². The van der Waals surface area contributed by atoms with E-state index >= 15 is 0 Å². The van der Waals surface area contributed by atoms with Gasteiger partial charge in [0.1, 0.15) is 6.10 Å². The number of ether oxygens (including phenoxy) is 2. The first-order valence-electron chi connectivity index (χ1n) is 15.8. The number of carboxylic acids is 1. The lowest BCUT2D eigenvalue weighted by atomic mass is 9.72. The van der Waals surface area contributed by atoms with E-state index < -0.39 is 35.9 Å². The fourth-order valence-electron chi connectivity index (χ4n) is 6.81. The van der Waals surface area contributed by atoms with Gasteiger partial charge in [-0.3, -0.25) is 4.90 Å². The molecule has 2 heterocycles. The lowest BCUT2D eigenvalue weighted by Crippen LogP contribution is -2.35. The Labute approximate surface area is 273 Å². The van der Waals surface area contributed by atoms with Crippen molar-refractivity contribution in [2.45, 2.75) is 85.0 Å². The zero-order chi connectivity index (χ0) is 34.4. The lowest BCUT2D eigenvalue weighted by molar-refractivity contribution is -0.137. The highest BCUT2D eigenvalue weighted by Crippen LogP contribution is 2.46. The van der Waals surface area contributed by atoms with Gasteiger partial charge in [-0.1, -0.05) is 45.4 Å². The lowest BCUT2D eigenvalue weighted by Gasteiger charge is -2.35. The summed E-state index contributed by atoms with van der Waals surface area (Å²) in [5.74, 6) is -0.508. The number of amides is 1. The Morgan fingerprint density at radius 1 is 1.15 bits per heavy atom. The molecule has 0 bridgehead atoms. The van der Waals surface area contributed by atoms with Crippen molar-refractivity contribution in [2.75, 3.05) is 13.7 Å². The fourth-order valence-corrected chi connectivity index (χ4v) is 6.81. The van der Waals surface area contributed by atoms with Crippen LogP contribution >= 0.6 is 0 Å². The van der Waals surface area contributed by atoms with Crippen molar-refractivity contribution in [3.63, 3.8) is 0 Å². The van der Waals surface area contributed by atoms with E-state index in [-0.39, 0.29) is 23.4 Å². The number of methoxy groups -OCH3 is 1. The Kier molecular flexibility index (Phi) is 9.18. The molecule has 1 aliphatic heterocycles. The molecule has 2 atom stereocenters. The number of carboxylic acid groups (broad SMARTS) is 1. The van der Waals surface area contributed by atoms with Gasteiger partial charge in [0.15, 0.2) is 0 Å². The number of rotatable bonds is 8. The maximum absolute atomic E-state index is 13.6. The molecule has 1 fully saturated rings. The van der Waals surface area contributed by atoms with Gasteiger partial charge < -0.3 is 14.6 Å². The van der Waals surface area contributed by atoms with Crippen LogP contribution in [0.15, 0.2) is 54.2 Å². The quantitative estimate of drug-likeness (QED) is 0.261. The summed E-state index contributed by atoms with van der Waals surface area (Å²) in [7, 11) is 1.56. The predicted molar refractivity (Wildman–Crippen MR) is 173 cm³/mol. The number of halogens is 3. The standard InChI is InChI=1S/C37H41F3N2O5/c1-20(2)30-15-23(34(43)44)8-9-28(30)25-16-31(33(46-7)41-18-25)29-10-11-36(5,6)17-26(29)19-42-22(4)32(47-35(42)45)24-12-21(3)13-27(14-24)37(38,39)40/h8-9,12-16,18,20,22,32H,10-11,17,19H2,1-7H3,(H,43,44)/t22-,32-/m0/s1. The van der Waals surface area contributed by atoms with Gasteiger partial charge in [0, 0.05) is 23.9 Å². The second kappa shape index (κ2) is 12.7. The molecule has 1 N–H and O–H groups in total. The van der Waals surface area contributed by atoms with Gasteiger partial charge >= 0.3 is 18.2 Å². The predicted octanol–water partition coefficient (Wildman–Crippen LogP) is 9.45. The number of hydrogen-bond donors (Lipinski definition) is 1. The summed E-state index contributed by atoms with van der Waals surface area (Å²) in [6.45, 7) is 12.0. The number of aryl methyl sites for hydroxylation is 1. The van der Waals surface area contributed by atoms with Crippen molar-refractivity contribution in [3.05, 3.63) is 87.6 Å². The molecule has 1 aliphatic carbocycles. The number of benzene rings is 2. The van der Waals surface area contributed by atoms with Gasteiger partial charge in [-0.2, -0.15) is 13.2 Å². The summed E-state index contributed by atoms with van der Waals surface area (Å²) < 4.78 is 52.3. The van der Waals surface area contributed by atoms with Crippen LogP contribution in [0.25, 0.3) is 16.7 Å². The molecular formula is C37H41F3N2O5. The molecule has 2 aromatic carbocycles. The van der Waals surface area contributed by atoms with Crippen LogP contribution in [0.4, 0.5) is 18.0 Å². The highest BCUT2D eigenvalue weighted by Gasteiger charge is 2.42. The van der Waals surface area contributed by atoms with Crippen LogP contribution in [0.5, 0.6) is 5.88 Å². The normalized spacial score (nSPS) is 19.7. The molecule has 0 spiro atoms. The molecule has 1 aromatic heterocycles. The van der Waals surface area contributed by atoms with Gasteiger partial charge in [0.2, 0.25) is 5.88 Å². The first-order valence-corrected chi connectivity index (χ1v) is 15.8. The summed E-state index contributed by atoms with van der Waals surface area (Å²) in [4.78, 5) is 31.3. The topological polar surface area (TPSA) is 89.0 Å². The number of aromatic nitrogens is 1. The van der Waals surface area contributed by atoms with E-state index in [0.29, 0.717) is 29.8 Å². The molecule has 2 aliphatic rings. The fraction of sp³-hybridized carbons (Fsp3) is 0.432. The summed E-state index contributed by atoms with van der Waals surface area (Å²) in [6.07, 6.45) is -1.96. The van der Waals surface area contributed by atoms with Crippen LogP contribution in [0.2, 0.25) is 0 Å². The number of aromatic carboxylic acids is 1. The van der Waals surface area contributed by atoms with Gasteiger partial charge in [-0.05, 0) is 103 Å². The second-order valence-corrected chi connectivity index (χ2v) is 13.8. The molecule has 7 nitrogen and oxygen atoms in total. The Bertz CT molecular complexity index is 1740. The Hall–Kier alpha value is -4.34. The van der Waals surface area contributed by atoms with E-state index in [0.717, 1.165) is 52.0 Å². The molecule has 47 heavy (non-hydrogen) atoms. The summed E-state index contributed by atoms with van der Waals surface area (Å²) in [5, 5.41) is 9.58. The van der Waals surface area contributed by atoms with Crippen molar-refractivity contribution in [3.8, 4) is 17.0 Å². The van der Waals surface area contributed by atoms with Crippen molar-refractivity contribution in [2.24, 2.45) is 5.41 Å². The zero-order valence-corrected chi connectivity index (χ0v) is 27.8. The molecule has 3 aromatic rings. The SMILES string of the molecule is COc1ncc(-c2ccc(C(=O)O)cc2C(C)C)cc1C1=C(CN2C(=O)O[C@H](c3cc(C)cc(C(F)(F)F)c3)[C@@H]2C)CC(C)(C)CC1. The highest BCUT2D eigenvalue weighted by molar-refractivity contribution is 5.89. The van der Waals surface area contributed by atoms with Gasteiger partial charge in [-0.15, -0.1) is 0 Å². The number of nitrogens with zero attached hydrogens (tertiary/aromatic N) is 2. The van der Waals surface area contributed by atoms with Crippen LogP contribution in [-0.2, 0) is 10.9 Å². The van der Waals surface area contributed by atoms with Crippen molar-refractivity contribution < 1.29 is 37.3 Å². The molecule has 5 rings (SSSR count). The van der Waals surface area contributed by atoms with E-state index in [9.17, 15) is 27.9 Å². The van der Waals surface area contributed by atoms with E-state index in [1.807, 2.05) is 26.0 Å². The number of cyclic esters (lactones) is 1. The van der Waals surface area contributed by atoms with Crippen LogP contribution in [-0.4, -0.2) is 46.7 Å². The summed E-state index contributed by atoms with van der Waals surface area (Å²) in [5.41, 5.74) is 5.50. The first kappa shape index (κ1) is 34.0. The third-order valence-electron chi connectivity index (χ3n) is 9.28. The van der Waals surface area contributed by atoms with Crippen LogP contribution in [0.1, 0.15) is 104 Å². The van der Waals surface area contributed by atoms with Gasteiger partial charge in [-0.25, -0.2) is 14.6 Å². The third kappa shape index (κ3) is 7.01. The molecule has 250 valence electrons. The number of carbonyl (C=O) groups is 2. The van der Waals surface area contributed by atoms with Gasteiger partial charge in [0.05, 0.1) is 24.3 Å². The summed E-state index contributed by atoms with van der Waals surface area (Å²) >= 11 is 0. The average molecular weight is 651 g/mol. The Morgan fingerprint density at radius 2 is 1.87 bits per heavy atom. The minimum absolute atomic E-state index is 0.0522. The minimum Gasteiger partial charge on any atom is -0.481 e. The molecule has 0 saturated carbocycles. The van der Waals surface area contributed by atoms with E-state index in [1.165, 1.54) is 0 Å². The van der Waals surface area contributed by atoms with Crippen molar-refractivity contribution >= 4 is 17.6 Å². The first-order chi connectivity index (χ1) is 22.0.